The summed E-state index contributed by atoms with van der Waals surface area (Å²) in [5.41, 5.74) is 1.19. The molecule has 3 aromatic rings. The molecule has 1 amide bonds. The third kappa shape index (κ3) is 4.21. The Hall–Kier alpha value is -2.36. The van der Waals surface area contributed by atoms with Crippen LogP contribution in [0.15, 0.2) is 30.2 Å². The largest absolute Gasteiger partial charge is 0.382 e. The van der Waals surface area contributed by atoms with E-state index in [0.717, 1.165) is 35.9 Å². The van der Waals surface area contributed by atoms with E-state index in [1.54, 1.807) is 30.4 Å². The zero-order chi connectivity index (χ0) is 19.3. The molecule has 0 unspecified atom stereocenters. The highest BCUT2D eigenvalue weighted by molar-refractivity contribution is 7.17. The highest BCUT2D eigenvalue weighted by Crippen LogP contribution is 2.25. The Morgan fingerprint density at radius 3 is 2.89 bits per heavy atom. The van der Waals surface area contributed by atoms with E-state index in [-0.39, 0.29) is 18.1 Å². The minimum atomic E-state index is -0.153. The molecule has 148 valence electrons. The van der Waals surface area contributed by atoms with Gasteiger partial charge in [-0.1, -0.05) is 0 Å². The van der Waals surface area contributed by atoms with Crippen molar-refractivity contribution in [2.45, 2.75) is 37.8 Å². The van der Waals surface area contributed by atoms with Gasteiger partial charge in [0.05, 0.1) is 29.5 Å². The second kappa shape index (κ2) is 8.76. The maximum absolute atomic E-state index is 13.0. The van der Waals surface area contributed by atoms with Crippen molar-refractivity contribution in [3.8, 4) is 5.95 Å². The minimum absolute atomic E-state index is 0.136. The van der Waals surface area contributed by atoms with Crippen LogP contribution in [0.1, 0.15) is 36.2 Å². The standard InChI is InChI=1S/C19H23N5O3S/c1-26-9-10-27-14-4-2-13(3-5-14)21-18(25)16-17-15(6-11-28-17)22-19(23-16)24-8-7-20-12-24/h6-8,11-14H,2-5,9-10H2,1H3,(H,21,25). The summed E-state index contributed by atoms with van der Waals surface area (Å²) in [5, 5.41) is 5.08. The van der Waals surface area contributed by atoms with Crippen molar-refractivity contribution in [3.63, 3.8) is 0 Å². The van der Waals surface area contributed by atoms with E-state index in [1.165, 1.54) is 11.3 Å². The van der Waals surface area contributed by atoms with Gasteiger partial charge in [-0.15, -0.1) is 11.3 Å². The Morgan fingerprint density at radius 1 is 1.29 bits per heavy atom. The summed E-state index contributed by atoms with van der Waals surface area (Å²) in [4.78, 5) is 26.1. The molecule has 0 bridgehead atoms. The summed E-state index contributed by atoms with van der Waals surface area (Å²) in [6.07, 6.45) is 8.97. The van der Waals surface area contributed by atoms with Crippen LogP contribution in [0.25, 0.3) is 16.2 Å². The Balaban J connectivity index is 1.44. The number of nitrogens with zero attached hydrogens (tertiary/aromatic N) is 4. The number of rotatable bonds is 7. The molecule has 0 aromatic carbocycles. The Labute approximate surface area is 166 Å². The average Bonchev–Trinajstić information content (AvgIpc) is 3.40. The van der Waals surface area contributed by atoms with Gasteiger partial charge in [-0.05, 0) is 37.1 Å². The monoisotopic (exact) mass is 401 g/mol. The maximum Gasteiger partial charge on any atom is 0.271 e. The van der Waals surface area contributed by atoms with Crippen LogP contribution in [-0.4, -0.2) is 57.9 Å². The van der Waals surface area contributed by atoms with Gasteiger partial charge >= 0.3 is 0 Å². The zero-order valence-electron chi connectivity index (χ0n) is 15.7. The number of fused-ring (bicyclic) bond motifs is 1. The van der Waals surface area contributed by atoms with Crippen molar-refractivity contribution < 1.29 is 14.3 Å². The van der Waals surface area contributed by atoms with E-state index < -0.39 is 0 Å². The Kier molecular flexibility index (Phi) is 5.94. The van der Waals surface area contributed by atoms with Crippen molar-refractivity contribution in [2.24, 2.45) is 0 Å². The second-order valence-electron chi connectivity index (χ2n) is 6.79. The number of amides is 1. The molecule has 1 N–H and O–H groups in total. The first-order valence-corrected chi connectivity index (χ1v) is 10.3. The summed E-state index contributed by atoms with van der Waals surface area (Å²) < 4.78 is 13.3. The Morgan fingerprint density at radius 2 is 2.14 bits per heavy atom. The van der Waals surface area contributed by atoms with Crippen LogP contribution in [0, 0.1) is 0 Å². The zero-order valence-corrected chi connectivity index (χ0v) is 16.5. The molecule has 1 fully saturated rings. The number of carbonyl (C=O) groups is 1. The van der Waals surface area contributed by atoms with E-state index in [4.69, 9.17) is 9.47 Å². The van der Waals surface area contributed by atoms with Crippen molar-refractivity contribution in [2.75, 3.05) is 20.3 Å². The molecule has 0 saturated heterocycles. The summed E-state index contributed by atoms with van der Waals surface area (Å²) >= 11 is 1.48. The number of nitrogens with one attached hydrogen (secondary N) is 1. The van der Waals surface area contributed by atoms with Crippen LogP contribution in [0.3, 0.4) is 0 Å². The highest BCUT2D eigenvalue weighted by atomic mass is 32.1. The van der Waals surface area contributed by atoms with E-state index in [1.807, 2.05) is 11.4 Å². The topological polar surface area (TPSA) is 91.2 Å². The number of aromatic nitrogens is 4. The van der Waals surface area contributed by atoms with Crippen molar-refractivity contribution in [1.82, 2.24) is 24.8 Å². The number of carbonyl (C=O) groups excluding carboxylic acids is 1. The molecule has 9 heteroatoms. The van der Waals surface area contributed by atoms with Gasteiger partial charge in [-0.25, -0.2) is 15.0 Å². The third-order valence-corrected chi connectivity index (χ3v) is 5.80. The van der Waals surface area contributed by atoms with Crippen LogP contribution in [0.5, 0.6) is 0 Å². The van der Waals surface area contributed by atoms with Crippen molar-refractivity contribution in [3.05, 3.63) is 35.9 Å². The number of hydrogen-bond donors (Lipinski definition) is 1. The minimum Gasteiger partial charge on any atom is -0.382 e. The van der Waals surface area contributed by atoms with Crippen LogP contribution < -0.4 is 5.32 Å². The molecule has 8 nitrogen and oxygen atoms in total. The normalized spacial score (nSPS) is 19.8. The summed E-state index contributed by atoms with van der Waals surface area (Å²) in [6, 6.07) is 2.04. The van der Waals surface area contributed by atoms with Crippen molar-refractivity contribution in [1.29, 1.82) is 0 Å². The molecule has 28 heavy (non-hydrogen) atoms. The van der Waals surface area contributed by atoms with Crippen molar-refractivity contribution >= 4 is 27.5 Å². The van der Waals surface area contributed by atoms with E-state index in [0.29, 0.717) is 24.9 Å². The van der Waals surface area contributed by atoms with Crippen LogP contribution in [0.2, 0.25) is 0 Å². The maximum atomic E-state index is 13.0. The van der Waals surface area contributed by atoms with Gasteiger partial charge in [-0.2, -0.15) is 0 Å². The number of imidazole rings is 1. The second-order valence-corrected chi connectivity index (χ2v) is 7.70. The molecule has 1 aliphatic rings. The number of methoxy groups -OCH3 is 1. The molecule has 0 spiro atoms. The fraction of sp³-hybridized carbons (Fsp3) is 0.474. The van der Waals surface area contributed by atoms with Gasteiger partial charge in [0.15, 0.2) is 5.69 Å². The fourth-order valence-electron chi connectivity index (χ4n) is 3.42. The quantitative estimate of drug-likeness (QED) is 0.612. The van der Waals surface area contributed by atoms with Crippen LogP contribution >= 0.6 is 11.3 Å². The lowest BCUT2D eigenvalue weighted by Crippen LogP contribution is -2.39. The SMILES string of the molecule is COCCOC1CCC(NC(=O)c2nc(-n3ccnc3)nc3ccsc23)CC1. The van der Waals surface area contributed by atoms with Gasteiger partial charge in [0.25, 0.3) is 5.91 Å². The number of ether oxygens (including phenoxy) is 2. The summed E-state index contributed by atoms with van der Waals surface area (Å²) in [5.74, 6) is 0.295. The summed E-state index contributed by atoms with van der Waals surface area (Å²) in [6.45, 7) is 1.23. The Bertz CT molecular complexity index is 919. The number of thiophene rings is 1. The lowest BCUT2D eigenvalue weighted by atomic mass is 9.93. The van der Waals surface area contributed by atoms with Gasteiger partial charge in [0.2, 0.25) is 5.95 Å². The number of hydrogen-bond acceptors (Lipinski definition) is 7. The van der Waals surface area contributed by atoms with Gasteiger partial charge in [0, 0.05) is 25.5 Å². The van der Waals surface area contributed by atoms with Crippen LogP contribution in [-0.2, 0) is 9.47 Å². The molecule has 1 saturated carbocycles. The molecule has 0 aliphatic heterocycles. The van der Waals surface area contributed by atoms with Gasteiger partial charge < -0.3 is 14.8 Å². The third-order valence-electron chi connectivity index (χ3n) is 4.89. The molecule has 1 aliphatic carbocycles. The van der Waals surface area contributed by atoms with Crippen LogP contribution in [0.4, 0.5) is 0 Å². The molecular formula is C19H23N5O3S. The molecular weight excluding hydrogens is 378 g/mol. The lowest BCUT2D eigenvalue weighted by Gasteiger charge is -2.29. The predicted octanol–water partition coefficient (Wildman–Crippen LogP) is 2.58. The highest BCUT2D eigenvalue weighted by Gasteiger charge is 2.25. The first-order chi connectivity index (χ1) is 13.7. The fourth-order valence-corrected chi connectivity index (χ4v) is 4.24. The first kappa shape index (κ1) is 19.0. The summed E-state index contributed by atoms with van der Waals surface area (Å²) in [7, 11) is 1.67. The molecule has 0 radical (unpaired) electrons. The van der Waals surface area contributed by atoms with Gasteiger partial charge in [-0.3, -0.25) is 9.36 Å². The smallest absolute Gasteiger partial charge is 0.271 e. The van der Waals surface area contributed by atoms with E-state index >= 15 is 0 Å². The molecule has 0 atom stereocenters. The first-order valence-electron chi connectivity index (χ1n) is 9.39. The van der Waals surface area contributed by atoms with E-state index in [9.17, 15) is 4.79 Å². The predicted molar refractivity (Wildman–Crippen MR) is 106 cm³/mol. The van der Waals surface area contributed by atoms with E-state index in [2.05, 4.69) is 20.3 Å². The molecule has 4 rings (SSSR count). The molecule has 3 heterocycles. The average molecular weight is 401 g/mol. The molecule has 3 aromatic heterocycles. The lowest BCUT2D eigenvalue weighted by molar-refractivity contribution is -0.00408. The van der Waals surface area contributed by atoms with Gasteiger partial charge in [0.1, 0.15) is 6.33 Å².